The van der Waals surface area contributed by atoms with Gasteiger partial charge in [0.15, 0.2) is 22.9 Å². The van der Waals surface area contributed by atoms with Crippen molar-refractivity contribution in [2.45, 2.75) is 32.0 Å². The maximum Gasteiger partial charge on any atom is 0.356 e. The van der Waals surface area contributed by atoms with E-state index in [-0.39, 0.29) is 36.1 Å². The predicted octanol–water partition coefficient (Wildman–Crippen LogP) is 4.29. The molecule has 1 aliphatic rings. The van der Waals surface area contributed by atoms with E-state index in [1.807, 2.05) is 26.0 Å². The second kappa shape index (κ2) is 9.60. The SMILES string of the molecule is COC[C@@]1(F)CCN(c2nc3c([C@@H](C)Nc4ccc(Cl)nc4C(=O)O)cc(C)cc3nc2C#N)C1. The third kappa shape index (κ3) is 4.97. The minimum atomic E-state index is -1.53. The molecule has 9 nitrogen and oxygen atoms in total. The first-order valence-electron chi connectivity index (χ1n) is 11.0. The van der Waals surface area contributed by atoms with Crippen molar-refractivity contribution in [2.24, 2.45) is 0 Å². The molecule has 2 aromatic heterocycles. The van der Waals surface area contributed by atoms with Crippen molar-refractivity contribution in [2.75, 3.05) is 37.0 Å². The van der Waals surface area contributed by atoms with E-state index in [1.165, 1.54) is 13.2 Å². The van der Waals surface area contributed by atoms with Crippen molar-refractivity contribution >= 4 is 40.1 Å². The summed E-state index contributed by atoms with van der Waals surface area (Å²) < 4.78 is 20.1. The zero-order chi connectivity index (χ0) is 25.3. The van der Waals surface area contributed by atoms with Crippen molar-refractivity contribution < 1.29 is 19.0 Å². The van der Waals surface area contributed by atoms with Crippen LogP contribution >= 0.6 is 11.6 Å². The number of nitriles is 1. The molecule has 35 heavy (non-hydrogen) atoms. The van der Waals surface area contributed by atoms with Gasteiger partial charge in [-0.2, -0.15) is 5.26 Å². The average Bonchev–Trinajstić information content (AvgIpc) is 3.20. The fourth-order valence-electron chi connectivity index (χ4n) is 4.37. The summed E-state index contributed by atoms with van der Waals surface area (Å²) in [4.78, 5) is 26.6. The monoisotopic (exact) mass is 498 g/mol. The highest BCUT2D eigenvalue weighted by Gasteiger charge is 2.40. The fraction of sp³-hybridized carbons (Fsp3) is 0.375. The predicted molar refractivity (Wildman–Crippen MR) is 130 cm³/mol. The van der Waals surface area contributed by atoms with Gasteiger partial charge in [0.1, 0.15) is 11.2 Å². The molecule has 11 heteroatoms. The number of hydrogen-bond acceptors (Lipinski definition) is 8. The highest BCUT2D eigenvalue weighted by atomic mass is 35.5. The number of aromatic carboxylic acids is 1. The molecule has 0 unspecified atom stereocenters. The Morgan fingerprint density at radius 3 is 2.86 bits per heavy atom. The van der Waals surface area contributed by atoms with Crippen molar-refractivity contribution in [1.82, 2.24) is 15.0 Å². The van der Waals surface area contributed by atoms with Gasteiger partial charge in [0, 0.05) is 25.6 Å². The number of ether oxygens (including phenoxy) is 1. The molecule has 0 amide bonds. The summed E-state index contributed by atoms with van der Waals surface area (Å²) in [5.74, 6) is -0.899. The van der Waals surface area contributed by atoms with Crippen LogP contribution in [0.2, 0.25) is 5.15 Å². The van der Waals surface area contributed by atoms with E-state index in [9.17, 15) is 15.2 Å². The quantitative estimate of drug-likeness (QED) is 0.459. The minimum absolute atomic E-state index is 0.0428. The van der Waals surface area contributed by atoms with Crippen LogP contribution in [0.3, 0.4) is 0 Å². The molecule has 3 aromatic rings. The topological polar surface area (TPSA) is 124 Å². The van der Waals surface area contributed by atoms with Crippen LogP contribution in [0.1, 0.15) is 46.7 Å². The van der Waals surface area contributed by atoms with E-state index in [0.29, 0.717) is 29.1 Å². The summed E-state index contributed by atoms with van der Waals surface area (Å²) in [5.41, 5.74) is 1.37. The molecule has 1 fully saturated rings. The van der Waals surface area contributed by atoms with E-state index in [0.717, 1.165) is 11.1 Å². The van der Waals surface area contributed by atoms with Crippen molar-refractivity contribution in [3.05, 3.63) is 51.9 Å². The Kier molecular flexibility index (Phi) is 6.74. The Bertz CT molecular complexity index is 1350. The van der Waals surface area contributed by atoms with Gasteiger partial charge < -0.3 is 20.1 Å². The Morgan fingerprint density at radius 1 is 1.40 bits per heavy atom. The molecule has 4 rings (SSSR count). The number of aryl methyl sites for hydroxylation is 1. The van der Waals surface area contributed by atoms with E-state index in [2.05, 4.69) is 21.4 Å². The van der Waals surface area contributed by atoms with Gasteiger partial charge in [-0.1, -0.05) is 17.7 Å². The number of alkyl halides is 1. The van der Waals surface area contributed by atoms with Crippen LogP contribution < -0.4 is 10.2 Å². The van der Waals surface area contributed by atoms with Crippen molar-refractivity contribution in [3.8, 4) is 6.07 Å². The maximum atomic E-state index is 15.1. The number of hydrogen-bond donors (Lipinski definition) is 2. The smallest absolute Gasteiger partial charge is 0.356 e. The van der Waals surface area contributed by atoms with Gasteiger partial charge in [0.05, 0.1) is 35.9 Å². The third-order valence-electron chi connectivity index (χ3n) is 5.94. The minimum Gasteiger partial charge on any atom is -0.476 e. The summed E-state index contributed by atoms with van der Waals surface area (Å²) in [5, 5.41) is 22.5. The Labute approximate surface area is 206 Å². The van der Waals surface area contributed by atoms with Crippen LogP contribution in [-0.4, -0.2) is 58.5 Å². The average molecular weight is 499 g/mol. The third-order valence-corrected chi connectivity index (χ3v) is 6.15. The fourth-order valence-corrected chi connectivity index (χ4v) is 4.52. The molecular weight excluding hydrogens is 475 g/mol. The lowest BCUT2D eigenvalue weighted by Crippen LogP contribution is -2.34. The Balaban J connectivity index is 1.77. The van der Waals surface area contributed by atoms with E-state index >= 15 is 4.39 Å². The molecule has 182 valence electrons. The van der Waals surface area contributed by atoms with Crippen LogP contribution in [0.15, 0.2) is 24.3 Å². The number of methoxy groups -OCH3 is 1. The zero-order valence-corrected chi connectivity index (χ0v) is 20.2. The van der Waals surface area contributed by atoms with Crippen molar-refractivity contribution in [1.29, 1.82) is 5.26 Å². The molecule has 1 aromatic carbocycles. The lowest BCUT2D eigenvalue weighted by atomic mass is 10.0. The van der Waals surface area contributed by atoms with Crippen LogP contribution in [0.25, 0.3) is 11.0 Å². The number of aromatic nitrogens is 3. The number of nitrogens with one attached hydrogen (secondary N) is 1. The van der Waals surface area contributed by atoms with Gasteiger partial charge in [-0.05, 0) is 37.6 Å². The summed E-state index contributed by atoms with van der Waals surface area (Å²) in [6.45, 7) is 4.13. The summed E-state index contributed by atoms with van der Waals surface area (Å²) in [6, 6.07) is 8.49. The normalized spacial score (nSPS) is 18.5. The largest absolute Gasteiger partial charge is 0.476 e. The summed E-state index contributed by atoms with van der Waals surface area (Å²) in [6.07, 6.45) is 0.256. The number of benzene rings is 1. The summed E-state index contributed by atoms with van der Waals surface area (Å²) >= 11 is 5.88. The first kappa shape index (κ1) is 24.6. The summed E-state index contributed by atoms with van der Waals surface area (Å²) in [7, 11) is 1.45. The van der Waals surface area contributed by atoms with E-state index in [1.54, 1.807) is 11.0 Å². The van der Waals surface area contributed by atoms with E-state index in [4.69, 9.17) is 21.3 Å². The number of anilines is 2. The number of fused-ring (bicyclic) bond motifs is 1. The van der Waals surface area contributed by atoms with Gasteiger partial charge in [-0.15, -0.1) is 0 Å². The van der Waals surface area contributed by atoms with Gasteiger partial charge in [0.25, 0.3) is 0 Å². The molecule has 3 heterocycles. The van der Waals surface area contributed by atoms with E-state index < -0.39 is 17.7 Å². The lowest BCUT2D eigenvalue weighted by molar-refractivity contribution is 0.0570. The van der Waals surface area contributed by atoms with Crippen LogP contribution in [-0.2, 0) is 4.74 Å². The first-order chi connectivity index (χ1) is 16.6. The molecule has 0 aliphatic carbocycles. The lowest BCUT2D eigenvalue weighted by Gasteiger charge is -2.23. The molecule has 0 saturated carbocycles. The number of carboxylic acids is 1. The van der Waals surface area contributed by atoms with Gasteiger partial charge in [-0.25, -0.2) is 24.1 Å². The molecular formula is C24H24ClFN6O3. The number of nitrogens with zero attached hydrogens (tertiary/aromatic N) is 5. The Hall–Kier alpha value is -3.55. The van der Waals surface area contributed by atoms with Gasteiger partial charge >= 0.3 is 5.97 Å². The zero-order valence-electron chi connectivity index (χ0n) is 19.5. The molecule has 1 saturated heterocycles. The molecule has 1 aliphatic heterocycles. The van der Waals surface area contributed by atoms with Gasteiger partial charge in [0.2, 0.25) is 0 Å². The number of halogens is 2. The second-order valence-electron chi connectivity index (χ2n) is 8.69. The second-order valence-corrected chi connectivity index (χ2v) is 9.07. The first-order valence-corrected chi connectivity index (χ1v) is 11.3. The van der Waals surface area contributed by atoms with Crippen LogP contribution in [0, 0.1) is 18.3 Å². The number of pyridine rings is 1. The van der Waals surface area contributed by atoms with Crippen molar-refractivity contribution in [3.63, 3.8) is 0 Å². The number of carboxylic acid groups (broad SMARTS) is 1. The Morgan fingerprint density at radius 2 is 2.17 bits per heavy atom. The van der Waals surface area contributed by atoms with Crippen LogP contribution in [0.5, 0.6) is 0 Å². The van der Waals surface area contributed by atoms with Gasteiger partial charge in [-0.3, -0.25) is 0 Å². The molecule has 2 atom stereocenters. The highest BCUT2D eigenvalue weighted by molar-refractivity contribution is 6.29. The molecule has 0 bridgehead atoms. The number of carbonyl (C=O) groups is 1. The number of rotatable bonds is 7. The maximum absolute atomic E-state index is 15.1. The molecule has 0 spiro atoms. The molecule has 2 N–H and O–H groups in total. The molecule has 0 radical (unpaired) electrons. The standard InChI is InChI=1S/C24H24ClFN6O3/c1-13-8-15(14(2)28-16-4-5-19(25)30-21(16)23(33)34)20-17(9-13)29-18(10-27)22(31-20)32-7-6-24(26,11-32)12-35-3/h4-5,8-9,14,28H,6-7,11-12H2,1-3H3,(H,33,34)/t14-,24-/m1/s1. The highest BCUT2D eigenvalue weighted by Crippen LogP contribution is 2.34. The van der Waals surface area contributed by atoms with Crippen LogP contribution in [0.4, 0.5) is 15.9 Å².